The smallest absolute Gasteiger partial charge is 0.258 e. The Bertz CT molecular complexity index is 1360. The highest BCUT2D eigenvalue weighted by molar-refractivity contribution is 6.32. The molecule has 0 spiro atoms. The van der Waals surface area contributed by atoms with Crippen molar-refractivity contribution in [2.45, 2.75) is 38.8 Å². The second-order valence-corrected chi connectivity index (χ2v) is 11.1. The summed E-state index contributed by atoms with van der Waals surface area (Å²) < 4.78 is 1.78. The van der Waals surface area contributed by atoms with Crippen molar-refractivity contribution in [3.05, 3.63) is 70.4 Å². The average molecular weight is 533 g/mol. The van der Waals surface area contributed by atoms with Gasteiger partial charge in [0, 0.05) is 42.2 Å². The van der Waals surface area contributed by atoms with Crippen LogP contribution in [0.3, 0.4) is 0 Å². The molecule has 0 unspecified atom stereocenters. The van der Waals surface area contributed by atoms with Crippen molar-refractivity contribution in [2.24, 2.45) is 18.9 Å². The summed E-state index contributed by atoms with van der Waals surface area (Å²) in [6, 6.07) is 13.1. The number of anilines is 3. The third-order valence-electron chi connectivity index (χ3n) is 7.96. The van der Waals surface area contributed by atoms with Gasteiger partial charge in [-0.2, -0.15) is 5.10 Å². The van der Waals surface area contributed by atoms with Crippen molar-refractivity contribution < 1.29 is 9.59 Å². The summed E-state index contributed by atoms with van der Waals surface area (Å²) in [5, 5.41) is 11.3. The number of piperidine rings is 1. The van der Waals surface area contributed by atoms with Gasteiger partial charge in [-0.25, -0.2) is 0 Å². The number of aromatic nitrogens is 2. The number of hydrogen-bond acceptors (Lipinski definition) is 5. The molecule has 9 heteroatoms. The van der Waals surface area contributed by atoms with Crippen LogP contribution in [-0.2, 0) is 24.9 Å². The molecule has 2 amide bonds. The molecule has 2 aliphatic heterocycles. The molecule has 2 N–H and O–H groups in total. The van der Waals surface area contributed by atoms with E-state index in [9.17, 15) is 9.59 Å². The number of benzene rings is 2. The number of likely N-dealkylation sites (tertiary alicyclic amines) is 1. The first kappa shape index (κ1) is 24.9. The molecule has 1 aliphatic carbocycles. The van der Waals surface area contributed by atoms with Gasteiger partial charge < -0.3 is 20.4 Å². The minimum Gasteiger partial charge on any atom is -0.352 e. The molecule has 2 fully saturated rings. The molecule has 6 rings (SSSR count). The molecule has 3 heterocycles. The lowest BCUT2D eigenvalue weighted by Crippen LogP contribution is -2.41. The van der Waals surface area contributed by atoms with Gasteiger partial charge in [0.2, 0.25) is 5.91 Å². The first-order valence-corrected chi connectivity index (χ1v) is 13.8. The molecule has 0 radical (unpaired) electrons. The van der Waals surface area contributed by atoms with Gasteiger partial charge >= 0.3 is 0 Å². The maximum absolute atomic E-state index is 13.7. The Morgan fingerprint density at radius 2 is 1.89 bits per heavy atom. The van der Waals surface area contributed by atoms with E-state index in [4.69, 9.17) is 11.6 Å². The highest BCUT2D eigenvalue weighted by Crippen LogP contribution is 2.36. The molecule has 0 bridgehead atoms. The lowest BCUT2D eigenvalue weighted by molar-refractivity contribution is -0.126. The average Bonchev–Trinajstić information content (AvgIpc) is 3.71. The molecule has 2 aromatic carbocycles. The zero-order valence-electron chi connectivity index (χ0n) is 21.6. The first-order chi connectivity index (χ1) is 18.5. The maximum atomic E-state index is 13.7. The zero-order valence-corrected chi connectivity index (χ0v) is 22.4. The molecule has 38 heavy (non-hydrogen) atoms. The van der Waals surface area contributed by atoms with Crippen molar-refractivity contribution >= 4 is 40.6 Å². The Morgan fingerprint density at radius 3 is 2.66 bits per heavy atom. The van der Waals surface area contributed by atoms with Gasteiger partial charge in [0.05, 0.1) is 24.1 Å². The Hall–Kier alpha value is -3.36. The van der Waals surface area contributed by atoms with Crippen LogP contribution in [-0.4, -0.2) is 46.1 Å². The minimum atomic E-state index is -0.147. The van der Waals surface area contributed by atoms with Crippen LogP contribution >= 0.6 is 11.6 Å². The molecule has 198 valence electrons. The molecule has 1 aromatic heterocycles. The molecule has 1 saturated carbocycles. The predicted octanol–water partition coefficient (Wildman–Crippen LogP) is 4.72. The van der Waals surface area contributed by atoms with Crippen molar-refractivity contribution in [1.82, 2.24) is 20.0 Å². The highest BCUT2D eigenvalue weighted by Gasteiger charge is 2.30. The Balaban J connectivity index is 1.12. The number of hydrogen-bond donors (Lipinski definition) is 2. The molecule has 3 aromatic rings. The lowest BCUT2D eigenvalue weighted by Gasteiger charge is -2.31. The van der Waals surface area contributed by atoms with Crippen LogP contribution in [0.1, 0.15) is 47.2 Å². The second-order valence-electron chi connectivity index (χ2n) is 10.7. The Labute approximate surface area is 227 Å². The van der Waals surface area contributed by atoms with Crippen LogP contribution in [0.4, 0.5) is 17.2 Å². The third-order valence-corrected chi connectivity index (χ3v) is 8.31. The van der Waals surface area contributed by atoms with Crippen LogP contribution in [0.2, 0.25) is 5.02 Å². The van der Waals surface area contributed by atoms with E-state index >= 15 is 0 Å². The fraction of sp³-hybridized carbons (Fsp3) is 0.414. The largest absolute Gasteiger partial charge is 0.352 e. The summed E-state index contributed by atoms with van der Waals surface area (Å²) >= 11 is 6.62. The van der Waals surface area contributed by atoms with Gasteiger partial charge in [0.25, 0.3) is 5.91 Å². The van der Waals surface area contributed by atoms with Gasteiger partial charge in [-0.15, -0.1) is 0 Å². The number of carbonyl (C=O) groups is 2. The summed E-state index contributed by atoms with van der Waals surface area (Å²) in [5.74, 6) is 1.75. The van der Waals surface area contributed by atoms with Crippen LogP contribution in [0.25, 0.3) is 0 Å². The van der Waals surface area contributed by atoms with E-state index in [-0.39, 0.29) is 17.7 Å². The lowest BCUT2D eigenvalue weighted by atomic mass is 9.95. The standard InChI is InChI=1S/C29H33ClN6O2/c1-34-27-23(16-32-34)18-36(26-5-3-2-4-25(26)33-27)29(38)21-8-9-22(24(30)14-21)15-31-28(37)20-10-12-35(13-11-20)17-19-6-7-19/h2-5,8-9,14,16,19-20,33H,6-7,10-13,15,17-18H2,1H3,(H,31,37). The van der Waals surface area contributed by atoms with Crippen molar-refractivity contribution in [3.63, 3.8) is 0 Å². The molecule has 0 atom stereocenters. The van der Waals surface area contributed by atoms with Crippen molar-refractivity contribution in [2.75, 3.05) is 29.9 Å². The van der Waals surface area contributed by atoms with Crippen molar-refractivity contribution in [1.29, 1.82) is 0 Å². The second kappa shape index (κ2) is 10.4. The Kier molecular flexibility index (Phi) is 6.84. The monoisotopic (exact) mass is 532 g/mol. The van der Waals surface area contributed by atoms with E-state index in [0.717, 1.165) is 60.2 Å². The fourth-order valence-electron chi connectivity index (χ4n) is 5.49. The topological polar surface area (TPSA) is 82.5 Å². The first-order valence-electron chi connectivity index (χ1n) is 13.4. The number of halogens is 1. The van der Waals surface area contributed by atoms with Crippen LogP contribution in [0.5, 0.6) is 0 Å². The summed E-state index contributed by atoms with van der Waals surface area (Å²) in [6.45, 7) is 3.94. The van der Waals surface area contributed by atoms with Crippen molar-refractivity contribution in [3.8, 4) is 0 Å². The molecular weight excluding hydrogens is 500 g/mol. The normalized spacial score (nSPS) is 17.8. The van der Waals surface area contributed by atoms with Crippen LogP contribution in [0.15, 0.2) is 48.7 Å². The SMILES string of the molecule is Cn1ncc2c1Nc1ccccc1N(C(=O)c1ccc(CNC(=O)C3CCN(CC4CC4)CC3)c(Cl)c1)C2. The third kappa shape index (κ3) is 5.15. The van der Waals surface area contributed by atoms with Gasteiger partial charge in [-0.1, -0.05) is 29.8 Å². The zero-order chi connectivity index (χ0) is 26.2. The Morgan fingerprint density at radius 1 is 1.11 bits per heavy atom. The number of amides is 2. The maximum Gasteiger partial charge on any atom is 0.258 e. The summed E-state index contributed by atoms with van der Waals surface area (Å²) in [5.41, 5.74) is 3.86. The van der Waals surface area contributed by atoms with E-state index in [1.54, 1.807) is 27.9 Å². The quantitative estimate of drug-likeness (QED) is 0.480. The van der Waals surface area contributed by atoms with E-state index in [0.29, 0.717) is 23.7 Å². The van der Waals surface area contributed by atoms with E-state index in [1.165, 1.54) is 19.4 Å². The predicted molar refractivity (Wildman–Crippen MR) is 149 cm³/mol. The van der Waals surface area contributed by atoms with Gasteiger partial charge in [-0.05, 0) is 74.5 Å². The van der Waals surface area contributed by atoms with E-state index in [1.807, 2.05) is 37.4 Å². The molecule has 1 saturated heterocycles. The highest BCUT2D eigenvalue weighted by atomic mass is 35.5. The summed E-state index contributed by atoms with van der Waals surface area (Å²) in [4.78, 5) is 30.8. The number of aryl methyl sites for hydroxylation is 1. The summed E-state index contributed by atoms with van der Waals surface area (Å²) in [7, 11) is 1.88. The summed E-state index contributed by atoms with van der Waals surface area (Å²) in [6.07, 6.45) is 6.32. The van der Waals surface area contributed by atoms with Crippen LogP contribution in [0, 0.1) is 11.8 Å². The number of nitrogens with zero attached hydrogens (tertiary/aromatic N) is 4. The van der Waals surface area contributed by atoms with Gasteiger partial charge in [0.1, 0.15) is 5.82 Å². The molecule has 8 nitrogen and oxygen atoms in total. The van der Waals surface area contributed by atoms with E-state index in [2.05, 4.69) is 20.6 Å². The van der Waals surface area contributed by atoms with Crippen LogP contribution < -0.4 is 15.5 Å². The van der Waals surface area contributed by atoms with Gasteiger partial charge in [0.15, 0.2) is 0 Å². The fourth-order valence-corrected chi connectivity index (χ4v) is 5.74. The number of rotatable bonds is 6. The number of nitrogens with one attached hydrogen (secondary N) is 2. The minimum absolute atomic E-state index is 0.0548. The number of para-hydroxylation sites is 2. The number of fused-ring (bicyclic) bond motifs is 2. The van der Waals surface area contributed by atoms with E-state index < -0.39 is 0 Å². The van der Waals surface area contributed by atoms with Gasteiger partial charge in [-0.3, -0.25) is 14.3 Å². The number of carbonyl (C=O) groups excluding carboxylic acids is 2. The molecule has 3 aliphatic rings. The molecular formula is C29H33ClN6O2.